The Morgan fingerprint density at radius 2 is 2.00 bits per heavy atom. The number of thioether (sulfide) groups is 1. The molecule has 1 unspecified atom stereocenters. The Kier molecular flexibility index (Phi) is 5.99. The van der Waals surface area contributed by atoms with Gasteiger partial charge in [0.1, 0.15) is 12.4 Å². The molecule has 1 amide bonds. The summed E-state index contributed by atoms with van der Waals surface area (Å²) in [4.78, 5) is 27.1. The van der Waals surface area contributed by atoms with Crippen LogP contribution in [0.1, 0.15) is 54.5 Å². The number of hydrogen-bond acceptors (Lipinski definition) is 6. The Hall–Kier alpha value is -2.54. The van der Waals surface area contributed by atoms with Crippen LogP contribution < -0.4 is 4.90 Å². The third-order valence-corrected chi connectivity index (χ3v) is 9.14. The van der Waals surface area contributed by atoms with Gasteiger partial charge < -0.3 is 14.5 Å². The van der Waals surface area contributed by atoms with Crippen molar-refractivity contribution in [2.24, 2.45) is 0 Å². The van der Waals surface area contributed by atoms with Crippen LogP contribution in [0.25, 0.3) is 0 Å². The first kappa shape index (κ1) is 22.9. The van der Waals surface area contributed by atoms with Crippen molar-refractivity contribution in [3.8, 4) is 0 Å². The van der Waals surface area contributed by atoms with E-state index in [9.17, 15) is 4.79 Å². The molecule has 6 rings (SSSR count). The van der Waals surface area contributed by atoms with Crippen LogP contribution in [0.4, 0.5) is 10.6 Å². The number of anilines is 1. The smallest absolute Gasteiger partial charge is 0.410 e. The van der Waals surface area contributed by atoms with Crippen LogP contribution in [0.5, 0.6) is 0 Å². The molecule has 1 spiro atoms. The van der Waals surface area contributed by atoms with E-state index in [2.05, 4.69) is 42.0 Å². The average molecular weight is 491 g/mol. The SMILES string of the molecule is C=CCOC(=O)N1C[C@H]2CC[C@@H](C1)N2c1nc(SC)nc2c1CCC1(CCCc3ccccc31)C2. The van der Waals surface area contributed by atoms with Gasteiger partial charge in [-0.1, -0.05) is 48.7 Å². The third-order valence-electron chi connectivity index (χ3n) is 8.59. The normalized spacial score (nSPS) is 26.9. The zero-order valence-electron chi connectivity index (χ0n) is 20.5. The maximum atomic E-state index is 12.5. The highest BCUT2D eigenvalue weighted by Gasteiger charge is 2.46. The van der Waals surface area contributed by atoms with Gasteiger partial charge in [0.05, 0.1) is 5.69 Å². The quantitative estimate of drug-likeness (QED) is 0.344. The standard InChI is InChI=1S/C28H34N4O2S/c1-3-15-34-27(33)31-17-20-10-11-21(18-31)32(20)25-22-12-14-28(16-24(22)29-26(30-25)35-2)13-6-8-19-7-4-5-9-23(19)28/h3-5,7,9,20-21H,1,6,8,10-18H2,2H3/t20-,21+,28?. The van der Waals surface area contributed by atoms with Crippen molar-refractivity contribution in [1.29, 1.82) is 0 Å². The second-order valence-corrected chi connectivity index (χ2v) is 11.3. The summed E-state index contributed by atoms with van der Waals surface area (Å²) in [6, 6.07) is 9.64. The van der Waals surface area contributed by atoms with E-state index in [-0.39, 0.29) is 30.2 Å². The van der Waals surface area contributed by atoms with Crippen molar-refractivity contribution >= 4 is 23.7 Å². The number of benzene rings is 1. The van der Waals surface area contributed by atoms with Crippen molar-refractivity contribution in [2.75, 3.05) is 30.9 Å². The molecule has 3 atom stereocenters. The summed E-state index contributed by atoms with van der Waals surface area (Å²) in [5, 5.41) is 0.868. The Bertz CT molecular complexity index is 1140. The fourth-order valence-electron chi connectivity index (χ4n) is 7.05. The highest BCUT2D eigenvalue weighted by Crippen LogP contribution is 2.48. The molecule has 2 fully saturated rings. The van der Waals surface area contributed by atoms with Crippen molar-refractivity contribution in [3.63, 3.8) is 0 Å². The lowest BCUT2D eigenvalue weighted by Crippen LogP contribution is -2.56. The average Bonchev–Trinajstić information content (AvgIpc) is 3.15. The minimum atomic E-state index is -0.228. The first-order valence-corrected chi connectivity index (χ1v) is 14.2. The van der Waals surface area contributed by atoms with E-state index in [1.807, 2.05) is 4.90 Å². The summed E-state index contributed by atoms with van der Waals surface area (Å²) in [5.74, 6) is 1.13. The molecule has 3 heterocycles. The second kappa shape index (κ2) is 9.16. The molecule has 1 aromatic heterocycles. The molecule has 2 bridgehead atoms. The molecule has 4 aliphatic rings. The highest BCUT2D eigenvalue weighted by atomic mass is 32.2. The van der Waals surface area contributed by atoms with Gasteiger partial charge >= 0.3 is 6.09 Å². The lowest BCUT2D eigenvalue weighted by molar-refractivity contribution is 0.103. The minimum Gasteiger partial charge on any atom is -0.445 e. The monoisotopic (exact) mass is 490 g/mol. The second-order valence-electron chi connectivity index (χ2n) is 10.5. The van der Waals surface area contributed by atoms with Crippen LogP contribution in [-0.2, 0) is 29.4 Å². The molecule has 6 nitrogen and oxygen atoms in total. The molecule has 2 saturated heterocycles. The lowest BCUT2D eigenvalue weighted by atomic mass is 9.62. The number of amides is 1. The van der Waals surface area contributed by atoms with Crippen molar-refractivity contribution in [3.05, 3.63) is 59.3 Å². The topological polar surface area (TPSA) is 58.6 Å². The number of piperazine rings is 1. The predicted octanol–water partition coefficient (Wildman–Crippen LogP) is 4.94. The van der Waals surface area contributed by atoms with E-state index >= 15 is 0 Å². The van der Waals surface area contributed by atoms with Gasteiger partial charge in [0.2, 0.25) is 0 Å². The number of aryl methyl sites for hydroxylation is 1. The summed E-state index contributed by atoms with van der Waals surface area (Å²) in [6.45, 7) is 5.30. The molecule has 7 heteroatoms. The fourth-order valence-corrected chi connectivity index (χ4v) is 7.42. The fraction of sp³-hybridized carbons (Fsp3) is 0.536. The molecule has 0 radical (unpaired) electrons. The van der Waals surface area contributed by atoms with Gasteiger partial charge in [0.15, 0.2) is 5.16 Å². The van der Waals surface area contributed by atoms with Gasteiger partial charge in [-0.3, -0.25) is 0 Å². The van der Waals surface area contributed by atoms with E-state index in [1.54, 1.807) is 23.4 Å². The predicted molar refractivity (Wildman–Crippen MR) is 139 cm³/mol. The van der Waals surface area contributed by atoms with Crippen LogP contribution >= 0.6 is 11.8 Å². The lowest BCUT2D eigenvalue weighted by Gasteiger charge is -2.45. The Morgan fingerprint density at radius 3 is 2.77 bits per heavy atom. The number of aromatic nitrogens is 2. The number of carbonyl (C=O) groups excluding carboxylic acids is 1. The summed E-state index contributed by atoms with van der Waals surface area (Å²) in [6.07, 6.45) is 12.5. The number of fused-ring (bicyclic) bond motifs is 5. The number of hydrogen-bond donors (Lipinski definition) is 0. The van der Waals surface area contributed by atoms with Gasteiger partial charge in [-0.05, 0) is 68.7 Å². The first-order valence-electron chi connectivity index (χ1n) is 12.9. The summed E-state index contributed by atoms with van der Waals surface area (Å²) < 4.78 is 5.34. The van der Waals surface area contributed by atoms with Crippen LogP contribution in [0.15, 0.2) is 42.1 Å². The summed E-state index contributed by atoms with van der Waals surface area (Å²) >= 11 is 1.64. The van der Waals surface area contributed by atoms with E-state index < -0.39 is 0 Å². The van der Waals surface area contributed by atoms with Gasteiger partial charge in [0.25, 0.3) is 0 Å². The molecule has 184 valence electrons. The van der Waals surface area contributed by atoms with E-state index in [0.717, 1.165) is 43.1 Å². The molecule has 1 aromatic carbocycles. The molecular formula is C28H34N4O2S. The van der Waals surface area contributed by atoms with Crippen molar-refractivity contribution in [1.82, 2.24) is 14.9 Å². The molecule has 0 saturated carbocycles. The molecule has 2 aromatic rings. The number of carbonyl (C=O) groups is 1. The number of ether oxygens (including phenoxy) is 1. The van der Waals surface area contributed by atoms with E-state index in [0.29, 0.717) is 13.1 Å². The van der Waals surface area contributed by atoms with Gasteiger partial charge in [0, 0.05) is 36.2 Å². The summed E-state index contributed by atoms with van der Waals surface area (Å²) in [7, 11) is 0. The van der Waals surface area contributed by atoms with E-state index in [4.69, 9.17) is 14.7 Å². The van der Waals surface area contributed by atoms with Crippen molar-refractivity contribution < 1.29 is 9.53 Å². The number of likely N-dealkylation sites (tertiary alicyclic amines) is 1. The van der Waals surface area contributed by atoms with Gasteiger partial charge in [-0.25, -0.2) is 14.8 Å². The van der Waals surface area contributed by atoms with Crippen LogP contribution in [0.3, 0.4) is 0 Å². The third kappa shape index (κ3) is 3.92. The molecule has 35 heavy (non-hydrogen) atoms. The zero-order chi connectivity index (χ0) is 24.0. The molecule has 2 aliphatic heterocycles. The van der Waals surface area contributed by atoms with Crippen LogP contribution in [-0.4, -0.2) is 59.0 Å². The van der Waals surface area contributed by atoms with E-state index in [1.165, 1.54) is 36.1 Å². The Morgan fingerprint density at radius 1 is 1.20 bits per heavy atom. The largest absolute Gasteiger partial charge is 0.445 e. The number of nitrogens with zero attached hydrogens (tertiary/aromatic N) is 4. The van der Waals surface area contributed by atoms with Crippen LogP contribution in [0.2, 0.25) is 0 Å². The molecular weight excluding hydrogens is 456 g/mol. The Balaban J connectivity index is 1.32. The maximum absolute atomic E-state index is 12.5. The molecule has 0 N–H and O–H groups in total. The first-order chi connectivity index (χ1) is 17.1. The highest BCUT2D eigenvalue weighted by molar-refractivity contribution is 7.98. The van der Waals surface area contributed by atoms with Gasteiger partial charge in [-0.2, -0.15) is 0 Å². The van der Waals surface area contributed by atoms with Crippen molar-refractivity contribution in [2.45, 2.75) is 74.0 Å². The van der Waals surface area contributed by atoms with Gasteiger partial charge in [-0.15, -0.1) is 0 Å². The summed E-state index contributed by atoms with van der Waals surface area (Å²) in [5.41, 5.74) is 5.87. The maximum Gasteiger partial charge on any atom is 0.410 e. The zero-order valence-corrected chi connectivity index (χ0v) is 21.4. The number of rotatable bonds is 4. The molecule has 2 aliphatic carbocycles. The van der Waals surface area contributed by atoms with Crippen LogP contribution in [0, 0.1) is 0 Å². The Labute approximate surface area is 212 Å². The minimum absolute atomic E-state index is 0.204.